The Hall–Kier alpha value is -1.03. The molecule has 0 saturated heterocycles. The summed E-state index contributed by atoms with van der Waals surface area (Å²) in [7, 11) is 1.43. The van der Waals surface area contributed by atoms with E-state index < -0.39 is 0 Å². The minimum absolute atomic E-state index is 0.166. The lowest BCUT2D eigenvalue weighted by atomic mass is 10.1. The van der Waals surface area contributed by atoms with Crippen molar-refractivity contribution in [3.63, 3.8) is 0 Å². The number of hydroxylamine groups is 1. The Balaban J connectivity index is 2.40. The predicted molar refractivity (Wildman–Crippen MR) is 45.5 cm³/mol. The summed E-state index contributed by atoms with van der Waals surface area (Å²) in [6.07, 6.45) is 3.01. The van der Waals surface area contributed by atoms with Crippen LogP contribution in [0.25, 0.3) is 0 Å². The van der Waals surface area contributed by atoms with Crippen LogP contribution in [0.15, 0.2) is 11.6 Å². The zero-order chi connectivity index (χ0) is 8.97. The van der Waals surface area contributed by atoms with Gasteiger partial charge in [0, 0.05) is 13.1 Å². The van der Waals surface area contributed by atoms with Crippen molar-refractivity contribution in [3.8, 4) is 0 Å². The number of carbonyl (C=O) groups is 1. The largest absolute Gasteiger partial charge is 0.341 e. The molecule has 2 amide bonds. The average molecular weight is 170 g/mol. The Morgan fingerprint density at radius 3 is 3.00 bits per heavy atom. The van der Waals surface area contributed by atoms with E-state index in [4.69, 9.17) is 0 Å². The molecule has 0 aromatic carbocycles. The molecule has 0 bridgehead atoms. The molecule has 0 radical (unpaired) electrons. The minimum Gasteiger partial charge on any atom is -0.319 e. The Morgan fingerprint density at radius 2 is 2.50 bits per heavy atom. The van der Waals surface area contributed by atoms with Crippen molar-refractivity contribution in [2.75, 3.05) is 20.2 Å². The summed E-state index contributed by atoms with van der Waals surface area (Å²) in [4.78, 5) is 17.4. The van der Waals surface area contributed by atoms with E-state index in [0.29, 0.717) is 6.54 Å². The molecule has 1 aliphatic rings. The van der Waals surface area contributed by atoms with Gasteiger partial charge in [-0.3, -0.25) is 4.84 Å². The SMILES string of the molecule is CONC(=O)N1CC=C(C)CC1. The molecule has 0 atom stereocenters. The molecule has 1 aliphatic heterocycles. The molecule has 1 rings (SSSR count). The van der Waals surface area contributed by atoms with Gasteiger partial charge in [-0.15, -0.1) is 0 Å². The van der Waals surface area contributed by atoms with Gasteiger partial charge in [0.05, 0.1) is 7.11 Å². The van der Waals surface area contributed by atoms with Crippen molar-refractivity contribution in [2.45, 2.75) is 13.3 Å². The van der Waals surface area contributed by atoms with Gasteiger partial charge in [-0.25, -0.2) is 10.3 Å². The van der Waals surface area contributed by atoms with Gasteiger partial charge < -0.3 is 4.90 Å². The molecule has 4 nitrogen and oxygen atoms in total. The number of nitrogens with zero attached hydrogens (tertiary/aromatic N) is 1. The maximum atomic E-state index is 11.2. The Bertz CT molecular complexity index is 201. The standard InChI is InChI=1S/C8H14N2O2/c1-7-3-5-10(6-4-7)8(11)9-12-2/h3H,4-6H2,1-2H3,(H,9,11). The van der Waals surface area contributed by atoms with Crippen LogP contribution in [0.2, 0.25) is 0 Å². The molecule has 0 saturated carbocycles. The minimum atomic E-state index is -0.166. The number of nitrogens with one attached hydrogen (secondary N) is 1. The van der Waals surface area contributed by atoms with Crippen molar-refractivity contribution >= 4 is 6.03 Å². The van der Waals surface area contributed by atoms with Crippen LogP contribution in [0, 0.1) is 0 Å². The van der Waals surface area contributed by atoms with Crippen LogP contribution in [-0.2, 0) is 4.84 Å². The number of hydrogen-bond acceptors (Lipinski definition) is 2. The Morgan fingerprint density at radius 1 is 1.75 bits per heavy atom. The van der Waals surface area contributed by atoms with Gasteiger partial charge in [-0.05, 0) is 13.3 Å². The molecule has 68 valence electrons. The fraction of sp³-hybridized carbons (Fsp3) is 0.625. The summed E-state index contributed by atoms with van der Waals surface area (Å²) in [5.74, 6) is 0. The van der Waals surface area contributed by atoms with Crippen molar-refractivity contribution in [1.29, 1.82) is 0 Å². The van der Waals surface area contributed by atoms with Gasteiger partial charge in [0.1, 0.15) is 0 Å². The zero-order valence-electron chi connectivity index (χ0n) is 7.46. The van der Waals surface area contributed by atoms with E-state index in [1.54, 1.807) is 4.90 Å². The van der Waals surface area contributed by atoms with Crippen LogP contribution >= 0.6 is 0 Å². The van der Waals surface area contributed by atoms with Crippen LogP contribution < -0.4 is 5.48 Å². The molecular weight excluding hydrogens is 156 g/mol. The third-order valence-corrected chi connectivity index (χ3v) is 1.91. The van der Waals surface area contributed by atoms with E-state index in [2.05, 4.69) is 23.3 Å². The number of urea groups is 1. The molecule has 0 aromatic heterocycles. The Kier molecular flexibility index (Phi) is 3.10. The molecule has 0 aliphatic carbocycles. The molecule has 0 spiro atoms. The van der Waals surface area contributed by atoms with Crippen molar-refractivity contribution < 1.29 is 9.63 Å². The third kappa shape index (κ3) is 2.23. The van der Waals surface area contributed by atoms with Crippen LogP contribution in [0.1, 0.15) is 13.3 Å². The highest BCUT2D eigenvalue weighted by Crippen LogP contribution is 2.08. The van der Waals surface area contributed by atoms with E-state index in [9.17, 15) is 4.79 Å². The van der Waals surface area contributed by atoms with E-state index in [1.807, 2.05) is 0 Å². The predicted octanol–water partition coefficient (Wildman–Crippen LogP) is 0.909. The Labute approximate surface area is 72.1 Å². The molecule has 0 aromatic rings. The highest BCUT2D eigenvalue weighted by atomic mass is 16.6. The van der Waals surface area contributed by atoms with Gasteiger partial charge in [-0.1, -0.05) is 11.6 Å². The lowest BCUT2D eigenvalue weighted by Crippen LogP contribution is -2.41. The highest BCUT2D eigenvalue weighted by Gasteiger charge is 2.14. The summed E-state index contributed by atoms with van der Waals surface area (Å²) < 4.78 is 0. The molecule has 1 N–H and O–H groups in total. The first-order valence-electron chi connectivity index (χ1n) is 3.97. The van der Waals surface area contributed by atoms with Gasteiger partial charge in [0.25, 0.3) is 0 Å². The fourth-order valence-corrected chi connectivity index (χ4v) is 1.11. The fourth-order valence-electron chi connectivity index (χ4n) is 1.11. The van der Waals surface area contributed by atoms with Crippen LogP contribution in [-0.4, -0.2) is 31.1 Å². The summed E-state index contributed by atoms with van der Waals surface area (Å²) in [5, 5.41) is 0. The number of amides is 2. The quantitative estimate of drug-likeness (QED) is 0.469. The normalized spacial score (nSPS) is 17.2. The second-order valence-electron chi connectivity index (χ2n) is 2.86. The number of carbonyl (C=O) groups excluding carboxylic acids is 1. The average Bonchev–Trinajstić information content (AvgIpc) is 2.06. The van der Waals surface area contributed by atoms with Gasteiger partial charge >= 0.3 is 6.03 Å². The molecule has 1 heterocycles. The van der Waals surface area contributed by atoms with E-state index in [-0.39, 0.29) is 6.03 Å². The second kappa shape index (κ2) is 4.11. The molecular formula is C8H14N2O2. The maximum Gasteiger partial charge on any atom is 0.341 e. The third-order valence-electron chi connectivity index (χ3n) is 1.91. The smallest absolute Gasteiger partial charge is 0.319 e. The first-order valence-corrected chi connectivity index (χ1v) is 3.97. The van der Waals surface area contributed by atoms with Gasteiger partial charge in [0.15, 0.2) is 0 Å². The summed E-state index contributed by atoms with van der Waals surface area (Å²) in [6, 6.07) is -0.166. The molecule has 0 unspecified atom stereocenters. The number of hydrogen-bond donors (Lipinski definition) is 1. The summed E-state index contributed by atoms with van der Waals surface area (Å²) >= 11 is 0. The van der Waals surface area contributed by atoms with Gasteiger partial charge in [-0.2, -0.15) is 0 Å². The van der Waals surface area contributed by atoms with Crippen LogP contribution in [0.4, 0.5) is 4.79 Å². The van der Waals surface area contributed by atoms with E-state index in [1.165, 1.54) is 12.7 Å². The topological polar surface area (TPSA) is 41.6 Å². The molecule has 4 heteroatoms. The lowest BCUT2D eigenvalue weighted by Gasteiger charge is -2.24. The summed E-state index contributed by atoms with van der Waals surface area (Å²) in [6.45, 7) is 3.53. The first kappa shape index (κ1) is 9.06. The van der Waals surface area contributed by atoms with Crippen LogP contribution in [0.3, 0.4) is 0 Å². The molecule has 0 fully saturated rings. The first-order chi connectivity index (χ1) is 5.74. The van der Waals surface area contributed by atoms with Crippen molar-refractivity contribution in [3.05, 3.63) is 11.6 Å². The zero-order valence-corrected chi connectivity index (χ0v) is 7.46. The van der Waals surface area contributed by atoms with Gasteiger partial charge in [0.2, 0.25) is 0 Å². The summed E-state index contributed by atoms with van der Waals surface area (Å²) in [5.41, 5.74) is 3.63. The lowest BCUT2D eigenvalue weighted by molar-refractivity contribution is 0.0881. The second-order valence-corrected chi connectivity index (χ2v) is 2.86. The maximum absolute atomic E-state index is 11.2. The van der Waals surface area contributed by atoms with E-state index >= 15 is 0 Å². The highest BCUT2D eigenvalue weighted by molar-refractivity contribution is 5.73. The van der Waals surface area contributed by atoms with Crippen molar-refractivity contribution in [1.82, 2.24) is 10.4 Å². The number of rotatable bonds is 1. The molecule has 12 heavy (non-hydrogen) atoms. The monoisotopic (exact) mass is 170 g/mol. The van der Waals surface area contributed by atoms with E-state index in [0.717, 1.165) is 13.0 Å². The van der Waals surface area contributed by atoms with Crippen molar-refractivity contribution in [2.24, 2.45) is 0 Å². The van der Waals surface area contributed by atoms with Crippen LogP contribution in [0.5, 0.6) is 0 Å².